The third-order valence-electron chi connectivity index (χ3n) is 3.63. The number of nitrogens with zero attached hydrogens (tertiary/aromatic N) is 1. The monoisotopic (exact) mass is 226 g/mol. The average Bonchev–Trinajstić information content (AvgIpc) is 2.15. The first-order valence-electron chi connectivity index (χ1n) is 6.90. The van der Waals surface area contributed by atoms with Gasteiger partial charge < -0.3 is 5.32 Å². The molecule has 0 radical (unpaired) electrons. The molecule has 0 spiro atoms. The van der Waals surface area contributed by atoms with E-state index < -0.39 is 0 Å². The van der Waals surface area contributed by atoms with Crippen LogP contribution in [0, 0.1) is 5.92 Å². The van der Waals surface area contributed by atoms with Crippen LogP contribution in [0.4, 0.5) is 0 Å². The molecule has 1 fully saturated rings. The first kappa shape index (κ1) is 14.0. The molecule has 1 saturated heterocycles. The SMILES string of the molecule is CC(C)CCCC(C)N1CCNC(C)(C)C1. The fourth-order valence-corrected chi connectivity index (χ4v) is 2.56. The molecular weight excluding hydrogens is 196 g/mol. The Bertz CT molecular complexity index is 199. The van der Waals surface area contributed by atoms with Crippen molar-refractivity contribution in [3.8, 4) is 0 Å². The van der Waals surface area contributed by atoms with Gasteiger partial charge in [0.1, 0.15) is 0 Å². The lowest BCUT2D eigenvalue weighted by atomic mass is 9.98. The molecule has 96 valence electrons. The molecule has 2 nitrogen and oxygen atoms in total. The summed E-state index contributed by atoms with van der Waals surface area (Å²) >= 11 is 0. The van der Waals surface area contributed by atoms with Crippen LogP contribution in [0.15, 0.2) is 0 Å². The fraction of sp³-hybridized carbons (Fsp3) is 1.00. The normalized spacial score (nSPS) is 23.6. The minimum atomic E-state index is 0.296. The highest BCUT2D eigenvalue weighted by Crippen LogP contribution is 2.17. The number of hydrogen-bond acceptors (Lipinski definition) is 2. The Kier molecular flexibility index (Phi) is 5.26. The smallest absolute Gasteiger partial charge is 0.0252 e. The summed E-state index contributed by atoms with van der Waals surface area (Å²) in [7, 11) is 0. The third kappa shape index (κ3) is 4.84. The summed E-state index contributed by atoms with van der Waals surface area (Å²) in [4.78, 5) is 2.65. The van der Waals surface area contributed by atoms with E-state index in [9.17, 15) is 0 Å². The van der Waals surface area contributed by atoms with Crippen LogP contribution in [0.2, 0.25) is 0 Å². The topological polar surface area (TPSA) is 15.3 Å². The van der Waals surface area contributed by atoms with Crippen LogP contribution in [0.3, 0.4) is 0 Å². The number of nitrogens with one attached hydrogen (secondary N) is 1. The summed E-state index contributed by atoms with van der Waals surface area (Å²) in [6.07, 6.45) is 4.11. The Morgan fingerprint density at radius 3 is 2.44 bits per heavy atom. The van der Waals surface area contributed by atoms with Gasteiger partial charge in [0.25, 0.3) is 0 Å². The summed E-state index contributed by atoms with van der Waals surface area (Å²) in [6.45, 7) is 15.2. The molecule has 0 aliphatic carbocycles. The van der Waals surface area contributed by atoms with Gasteiger partial charge in [-0.1, -0.05) is 26.7 Å². The van der Waals surface area contributed by atoms with Crippen LogP contribution in [0.1, 0.15) is 53.9 Å². The van der Waals surface area contributed by atoms with E-state index >= 15 is 0 Å². The third-order valence-corrected chi connectivity index (χ3v) is 3.63. The second kappa shape index (κ2) is 6.02. The molecule has 0 amide bonds. The second-order valence-electron chi connectivity index (χ2n) is 6.45. The van der Waals surface area contributed by atoms with Gasteiger partial charge in [0.15, 0.2) is 0 Å². The predicted octanol–water partition coefficient (Wildman–Crippen LogP) is 2.89. The largest absolute Gasteiger partial charge is 0.309 e. The van der Waals surface area contributed by atoms with Crippen LogP contribution < -0.4 is 5.32 Å². The van der Waals surface area contributed by atoms with Gasteiger partial charge in [-0.25, -0.2) is 0 Å². The summed E-state index contributed by atoms with van der Waals surface area (Å²) in [5.74, 6) is 0.853. The Morgan fingerprint density at radius 2 is 1.88 bits per heavy atom. The molecule has 2 heteroatoms. The molecule has 0 aromatic carbocycles. The Hall–Kier alpha value is -0.0800. The lowest BCUT2D eigenvalue weighted by Gasteiger charge is -2.42. The second-order valence-corrected chi connectivity index (χ2v) is 6.45. The standard InChI is InChI=1S/C14H30N2/c1-12(2)7-6-8-13(3)16-10-9-15-14(4,5)11-16/h12-13,15H,6-11H2,1-5H3. The Labute approximate surface area is 102 Å². The van der Waals surface area contributed by atoms with Crippen molar-refractivity contribution in [2.45, 2.75) is 65.5 Å². The van der Waals surface area contributed by atoms with Gasteiger partial charge in [0.2, 0.25) is 0 Å². The summed E-state index contributed by atoms with van der Waals surface area (Å²) in [6, 6.07) is 0.750. The zero-order valence-electron chi connectivity index (χ0n) is 11.8. The Morgan fingerprint density at radius 1 is 1.19 bits per heavy atom. The Balaban J connectivity index is 2.27. The van der Waals surface area contributed by atoms with E-state index in [0.717, 1.165) is 18.5 Å². The van der Waals surface area contributed by atoms with Crippen molar-refractivity contribution in [2.75, 3.05) is 19.6 Å². The molecule has 1 N–H and O–H groups in total. The maximum atomic E-state index is 3.58. The van der Waals surface area contributed by atoms with Gasteiger partial charge in [-0.15, -0.1) is 0 Å². The number of hydrogen-bond donors (Lipinski definition) is 1. The van der Waals surface area contributed by atoms with E-state index in [1.54, 1.807) is 0 Å². The van der Waals surface area contributed by atoms with Crippen molar-refractivity contribution < 1.29 is 0 Å². The molecule has 0 aromatic heterocycles. The molecule has 16 heavy (non-hydrogen) atoms. The maximum Gasteiger partial charge on any atom is 0.0252 e. The lowest BCUT2D eigenvalue weighted by Crippen LogP contribution is -2.58. The molecule has 0 aromatic rings. The minimum Gasteiger partial charge on any atom is -0.309 e. The van der Waals surface area contributed by atoms with Crippen LogP contribution >= 0.6 is 0 Å². The van der Waals surface area contributed by atoms with Crippen LogP contribution in [0.25, 0.3) is 0 Å². The minimum absolute atomic E-state index is 0.296. The maximum absolute atomic E-state index is 3.58. The predicted molar refractivity (Wildman–Crippen MR) is 71.8 cm³/mol. The van der Waals surface area contributed by atoms with Crippen LogP contribution in [-0.4, -0.2) is 36.1 Å². The summed E-state index contributed by atoms with van der Waals surface area (Å²) < 4.78 is 0. The van der Waals surface area contributed by atoms with Gasteiger partial charge in [-0.05, 0) is 33.1 Å². The molecule has 0 saturated carbocycles. The first-order valence-corrected chi connectivity index (χ1v) is 6.90. The van der Waals surface area contributed by atoms with Crippen molar-refractivity contribution >= 4 is 0 Å². The summed E-state index contributed by atoms with van der Waals surface area (Å²) in [5, 5.41) is 3.58. The van der Waals surface area contributed by atoms with Gasteiger partial charge in [-0.2, -0.15) is 0 Å². The van der Waals surface area contributed by atoms with Gasteiger partial charge in [0, 0.05) is 31.2 Å². The van der Waals surface area contributed by atoms with Gasteiger partial charge in [-0.3, -0.25) is 4.90 Å². The van der Waals surface area contributed by atoms with Crippen molar-refractivity contribution in [3.05, 3.63) is 0 Å². The van der Waals surface area contributed by atoms with E-state index in [2.05, 4.69) is 44.8 Å². The molecule has 1 unspecified atom stereocenters. The van der Waals surface area contributed by atoms with Crippen molar-refractivity contribution in [1.82, 2.24) is 10.2 Å². The molecule has 1 aliphatic heterocycles. The highest BCUT2D eigenvalue weighted by Gasteiger charge is 2.27. The summed E-state index contributed by atoms with van der Waals surface area (Å²) in [5.41, 5.74) is 0.296. The van der Waals surface area contributed by atoms with Crippen molar-refractivity contribution in [1.29, 1.82) is 0 Å². The highest BCUT2D eigenvalue weighted by molar-refractivity contribution is 4.88. The van der Waals surface area contributed by atoms with Gasteiger partial charge >= 0.3 is 0 Å². The van der Waals surface area contributed by atoms with Crippen LogP contribution in [-0.2, 0) is 0 Å². The zero-order valence-corrected chi connectivity index (χ0v) is 11.8. The van der Waals surface area contributed by atoms with Crippen LogP contribution in [0.5, 0.6) is 0 Å². The number of piperazine rings is 1. The molecule has 1 heterocycles. The average molecular weight is 226 g/mol. The van der Waals surface area contributed by atoms with E-state index in [-0.39, 0.29) is 0 Å². The van der Waals surface area contributed by atoms with Crippen molar-refractivity contribution in [3.63, 3.8) is 0 Å². The first-order chi connectivity index (χ1) is 7.41. The molecule has 0 bridgehead atoms. The zero-order chi connectivity index (χ0) is 12.2. The highest BCUT2D eigenvalue weighted by atomic mass is 15.2. The van der Waals surface area contributed by atoms with E-state index in [1.165, 1.54) is 32.4 Å². The molecule has 1 rings (SSSR count). The van der Waals surface area contributed by atoms with E-state index in [0.29, 0.717) is 5.54 Å². The van der Waals surface area contributed by atoms with Gasteiger partial charge in [0.05, 0.1) is 0 Å². The molecule has 1 aliphatic rings. The fourth-order valence-electron chi connectivity index (χ4n) is 2.56. The molecule has 1 atom stereocenters. The quantitative estimate of drug-likeness (QED) is 0.775. The lowest BCUT2D eigenvalue weighted by molar-refractivity contribution is 0.110. The van der Waals surface area contributed by atoms with E-state index in [4.69, 9.17) is 0 Å². The van der Waals surface area contributed by atoms with Crippen molar-refractivity contribution in [2.24, 2.45) is 5.92 Å². The molecular formula is C14H30N2. The van der Waals surface area contributed by atoms with E-state index in [1.807, 2.05) is 0 Å². The number of rotatable bonds is 5.